The van der Waals surface area contributed by atoms with E-state index in [4.69, 9.17) is 17.0 Å². The van der Waals surface area contributed by atoms with Gasteiger partial charge in [-0.3, -0.25) is 9.69 Å². The van der Waals surface area contributed by atoms with Crippen LogP contribution in [0.2, 0.25) is 0 Å². The van der Waals surface area contributed by atoms with Crippen LogP contribution in [0.3, 0.4) is 0 Å². The molecule has 0 bridgehead atoms. The van der Waals surface area contributed by atoms with Gasteiger partial charge in [-0.15, -0.1) is 11.8 Å². The number of nitrogens with zero attached hydrogens (tertiary/aromatic N) is 3. The number of thioether (sulfide) groups is 2. The highest BCUT2D eigenvalue weighted by atomic mass is 32.2. The fraction of sp³-hybridized carbons (Fsp3) is 0.273. The number of aromatic nitrogens is 1. The fourth-order valence-corrected chi connectivity index (χ4v) is 5.51. The lowest BCUT2D eigenvalue weighted by Gasteiger charge is -2.12. The molecular formula is C22H19F2N3O2S3. The van der Waals surface area contributed by atoms with Crippen molar-refractivity contribution < 1.29 is 18.3 Å². The Bertz CT molecular complexity index is 1150. The fourth-order valence-electron chi connectivity index (χ4n) is 3.09. The van der Waals surface area contributed by atoms with Crippen molar-refractivity contribution in [2.45, 2.75) is 31.1 Å². The monoisotopic (exact) mass is 491 g/mol. The highest BCUT2D eigenvalue weighted by molar-refractivity contribution is 8.26. The molecule has 0 N–H and O–H groups in total. The van der Waals surface area contributed by atoms with Crippen LogP contribution in [-0.4, -0.2) is 33.8 Å². The highest BCUT2D eigenvalue weighted by Gasteiger charge is 2.30. The molecule has 1 aromatic heterocycles. The van der Waals surface area contributed by atoms with Crippen LogP contribution in [0.1, 0.15) is 41.3 Å². The smallest absolute Gasteiger partial charge is 0.280 e. The summed E-state index contributed by atoms with van der Waals surface area (Å²) in [6.07, 6.45) is -0.955. The summed E-state index contributed by atoms with van der Waals surface area (Å²) in [4.78, 5) is 18.5. The van der Waals surface area contributed by atoms with Crippen LogP contribution in [0.25, 0.3) is 6.08 Å². The number of halogens is 2. The quantitative estimate of drug-likeness (QED) is 0.279. The Morgan fingerprint density at radius 3 is 2.75 bits per heavy atom. The summed E-state index contributed by atoms with van der Waals surface area (Å²) < 4.78 is 32.3. The van der Waals surface area contributed by atoms with Gasteiger partial charge in [-0.1, -0.05) is 30.0 Å². The van der Waals surface area contributed by atoms with Gasteiger partial charge in [-0.2, -0.15) is 5.26 Å². The van der Waals surface area contributed by atoms with Gasteiger partial charge in [0, 0.05) is 17.9 Å². The van der Waals surface area contributed by atoms with Crippen LogP contribution in [-0.2, 0) is 10.5 Å². The van der Waals surface area contributed by atoms with Crippen LogP contribution in [0.5, 0.6) is 5.75 Å². The maximum absolute atomic E-state index is 13.2. The number of thiocarbonyl (C=S) groups is 1. The number of carbonyl (C=O) groups is 1. The molecule has 1 amide bonds. The largest absolute Gasteiger partial charge is 0.496 e. The summed E-state index contributed by atoms with van der Waals surface area (Å²) in [7, 11) is 1.54. The molecule has 1 aromatic carbocycles. The second kappa shape index (κ2) is 10.4. The number of likely N-dealkylation sites (N-methyl/N-ethyl adjacent to an activating group) is 1. The summed E-state index contributed by atoms with van der Waals surface area (Å²) in [6, 6.07) is 8.75. The van der Waals surface area contributed by atoms with Crippen LogP contribution >= 0.6 is 35.7 Å². The van der Waals surface area contributed by atoms with Crippen molar-refractivity contribution in [2.24, 2.45) is 0 Å². The summed E-state index contributed by atoms with van der Waals surface area (Å²) in [6.45, 7) is 3.99. The van der Waals surface area contributed by atoms with E-state index in [1.807, 2.05) is 25.1 Å². The zero-order chi connectivity index (χ0) is 23.4. The number of amides is 1. The molecule has 0 radical (unpaired) electrons. The molecule has 0 atom stereocenters. The van der Waals surface area contributed by atoms with E-state index in [0.29, 0.717) is 32.8 Å². The molecule has 1 fully saturated rings. The number of rotatable bonds is 7. The number of methoxy groups -OCH3 is 1. The molecule has 5 nitrogen and oxygen atoms in total. The number of nitriles is 1. The molecule has 0 unspecified atom stereocenters. The zero-order valence-corrected chi connectivity index (χ0v) is 20.0. The van der Waals surface area contributed by atoms with Crippen molar-refractivity contribution in [1.29, 1.82) is 5.26 Å². The van der Waals surface area contributed by atoms with E-state index in [9.17, 15) is 18.8 Å². The number of benzene rings is 1. The molecular weight excluding hydrogens is 472 g/mol. The van der Waals surface area contributed by atoms with Crippen LogP contribution < -0.4 is 4.74 Å². The lowest BCUT2D eigenvalue weighted by Crippen LogP contribution is -2.27. The van der Waals surface area contributed by atoms with Crippen LogP contribution in [0, 0.1) is 18.3 Å². The highest BCUT2D eigenvalue weighted by Crippen LogP contribution is 2.35. The van der Waals surface area contributed by atoms with Crippen molar-refractivity contribution in [3.63, 3.8) is 0 Å². The predicted octanol–water partition coefficient (Wildman–Crippen LogP) is 5.72. The van der Waals surface area contributed by atoms with E-state index in [1.54, 1.807) is 24.0 Å². The molecule has 10 heteroatoms. The van der Waals surface area contributed by atoms with Gasteiger partial charge in [0.05, 0.1) is 17.6 Å². The average molecular weight is 492 g/mol. The standard InChI is InChI=1S/C22H19F2N3O2S3/c1-4-27-21(28)18(32-22(27)30)9-13-5-6-17(29-3)14(8-13)11-31-20-15(10-25)12(2)7-16(26-20)19(23)24/h5-9,19H,4,11H2,1-3H3/b18-9-. The minimum atomic E-state index is -2.72. The number of carbonyl (C=O) groups excluding carboxylic acids is 1. The first-order valence-corrected chi connectivity index (χ1v) is 11.7. The second-order valence-electron chi connectivity index (χ2n) is 6.74. The van der Waals surface area contributed by atoms with Crippen molar-refractivity contribution in [1.82, 2.24) is 9.88 Å². The Morgan fingerprint density at radius 2 is 2.16 bits per heavy atom. The number of aryl methyl sites for hydroxylation is 1. The Kier molecular flexibility index (Phi) is 7.87. The molecule has 2 aromatic rings. The van der Waals surface area contributed by atoms with E-state index >= 15 is 0 Å². The normalized spacial score (nSPS) is 15.0. The van der Waals surface area contributed by atoms with Gasteiger partial charge in [0.2, 0.25) is 0 Å². The molecule has 2 heterocycles. The number of hydrogen-bond donors (Lipinski definition) is 0. The number of ether oxygens (including phenoxy) is 1. The van der Waals surface area contributed by atoms with Gasteiger partial charge in [0.15, 0.2) is 0 Å². The second-order valence-corrected chi connectivity index (χ2v) is 9.38. The predicted molar refractivity (Wildman–Crippen MR) is 127 cm³/mol. The maximum atomic E-state index is 13.2. The van der Waals surface area contributed by atoms with Crippen molar-refractivity contribution in [3.8, 4) is 11.8 Å². The Morgan fingerprint density at radius 1 is 1.41 bits per heavy atom. The minimum absolute atomic E-state index is 0.128. The molecule has 166 valence electrons. The summed E-state index contributed by atoms with van der Waals surface area (Å²) in [5, 5.41) is 9.70. The minimum Gasteiger partial charge on any atom is -0.496 e. The van der Waals surface area contributed by atoms with Crippen molar-refractivity contribution in [3.05, 3.63) is 57.1 Å². The van der Waals surface area contributed by atoms with Crippen LogP contribution in [0.4, 0.5) is 8.78 Å². The van der Waals surface area contributed by atoms with Gasteiger partial charge in [0.1, 0.15) is 26.9 Å². The topological polar surface area (TPSA) is 66.2 Å². The molecule has 0 saturated carbocycles. The third-order valence-corrected chi connectivity index (χ3v) is 7.10. The van der Waals surface area contributed by atoms with E-state index in [2.05, 4.69) is 4.98 Å². The van der Waals surface area contributed by atoms with Gasteiger partial charge in [0.25, 0.3) is 12.3 Å². The Hall–Kier alpha value is -2.48. The van der Waals surface area contributed by atoms with Gasteiger partial charge in [-0.05, 0) is 49.2 Å². The SMILES string of the molecule is CCN1C(=O)/C(=C/c2ccc(OC)c(CSc3nc(C(F)F)cc(C)c3C#N)c2)SC1=S. The van der Waals surface area contributed by atoms with E-state index in [0.717, 1.165) is 11.1 Å². The summed E-state index contributed by atoms with van der Waals surface area (Å²) >= 11 is 7.69. The van der Waals surface area contributed by atoms with Gasteiger partial charge in [-0.25, -0.2) is 13.8 Å². The molecule has 32 heavy (non-hydrogen) atoms. The van der Waals surface area contributed by atoms with Crippen molar-refractivity contribution in [2.75, 3.05) is 13.7 Å². The number of alkyl halides is 2. The molecule has 1 aliphatic rings. The van der Waals surface area contributed by atoms with E-state index in [1.165, 1.54) is 36.7 Å². The lowest BCUT2D eigenvalue weighted by atomic mass is 10.1. The Balaban J connectivity index is 1.90. The molecule has 0 aliphatic carbocycles. The molecule has 3 rings (SSSR count). The van der Waals surface area contributed by atoms with Crippen molar-refractivity contribution >= 4 is 52.0 Å². The first-order chi connectivity index (χ1) is 15.3. The molecule has 1 saturated heterocycles. The first kappa shape index (κ1) is 24.2. The third-order valence-electron chi connectivity index (χ3n) is 4.70. The third kappa shape index (κ3) is 5.11. The van der Waals surface area contributed by atoms with E-state index < -0.39 is 6.43 Å². The number of pyridine rings is 1. The molecule has 0 spiro atoms. The van der Waals surface area contributed by atoms with E-state index in [-0.39, 0.29) is 22.2 Å². The van der Waals surface area contributed by atoms with Gasteiger partial charge >= 0.3 is 0 Å². The van der Waals surface area contributed by atoms with Crippen LogP contribution in [0.15, 0.2) is 34.2 Å². The lowest BCUT2D eigenvalue weighted by molar-refractivity contribution is -0.121. The summed E-state index contributed by atoms with van der Waals surface area (Å²) in [5.41, 5.74) is 1.94. The molecule has 1 aliphatic heterocycles. The first-order valence-electron chi connectivity index (χ1n) is 9.53. The number of hydrogen-bond acceptors (Lipinski definition) is 7. The maximum Gasteiger partial charge on any atom is 0.280 e. The Labute approximate surface area is 198 Å². The van der Waals surface area contributed by atoms with Gasteiger partial charge < -0.3 is 4.74 Å². The zero-order valence-electron chi connectivity index (χ0n) is 17.5. The summed E-state index contributed by atoms with van der Waals surface area (Å²) in [5.74, 6) is 0.821. The average Bonchev–Trinajstić information content (AvgIpc) is 3.03.